The number of hydrazone groups is 1. The quantitative estimate of drug-likeness (QED) is 0.457. The van der Waals surface area contributed by atoms with Crippen LogP contribution in [0.5, 0.6) is 0 Å². The van der Waals surface area contributed by atoms with E-state index in [2.05, 4.69) is 15.2 Å². The van der Waals surface area contributed by atoms with Crippen molar-refractivity contribution in [1.82, 2.24) is 4.83 Å². The Hall–Kier alpha value is -2.75. The fourth-order valence-corrected chi connectivity index (χ4v) is 3.74. The highest BCUT2D eigenvalue weighted by molar-refractivity contribution is 7.89. The summed E-state index contributed by atoms with van der Waals surface area (Å²) in [4.78, 5) is 14.7. The minimum Gasteiger partial charge on any atom is -0.472 e. The van der Waals surface area contributed by atoms with Crippen LogP contribution >= 0.6 is 23.2 Å². The lowest BCUT2D eigenvalue weighted by atomic mass is 10.2. The second kappa shape index (κ2) is 9.59. The Labute approximate surface area is 189 Å². The van der Waals surface area contributed by atoms with Gasteiger partial charge in [-0.1, -0.05) is 40.9 Å². The van der Waals surface area contributed by atoms with Gasteiger partial charge in [-0.15, -0.1) is 0 Å². The second-order valence-corrected chi connectivity index (χ2v) is 8.91. The number of anilines is 1. The van der Waals surface area contributed by atoms with E-state index < -0.39 is 16.0 Å². The summed E-state index contributed by atoms with van der Waals surface area (Å²) >= 11 is 11.9. The smallest absolute Gasteiger partial charge is 0.345 e. The van der Waals surface area contributed by atoms with E-state index in [0.717, 1.165) is 5.56 Å². The summed E-state index contributed by atoms with van der Waals surface area (Å²) in [7, 11) is -3.93. The van der Waals surface area contributed by atoms with Gasteiger partial charge in [-0.05, 0) is 44.2 Å². The summed E-state index contributed by atoms with van der Waals surface area (Å²) in [5, 5.41) is 7.50. The van der Waals surface area contributed by atoms with Crippen molar-refractivity contribution in [2.24, 2.45) is 5.10 Å². The topological polar surface area (TPSA) is 106 Å². The van der Waals surface area contributed by atoms with Crippen LogP contribution in [0, 0.1) is 6.92 Å². The van der Waals surface area contributed by atoms with Crippen molar-refractivity contribution in [3.05, 3.63) is 69.5 Å². The predicted octanol–water partition coefficient (Wildman–Crippen LogP) is 3.85. The fourth-order valence-electron chi connectivity index (χ4n) is 2.61. The molecule has 1 aliphatic heterocycles. The van der Waals surface area contributed by atoms with Crippen LogP contribution in [0.1, 0.15) is 12.5 Å². The summed E-state index contributed by atoms with van der Waals surface area (Å²) in [6.45, 7) is 3.47. The first-order chi connectivity index (χ1) is 14.7. The number of carbonyl (C=O) groups is 1. The molecule has 0 saturated heterocycles. The van der Waals surface area contributed by atoms with Crippen LogP contribution in [-0.4, -0.2) is 33.3 Å². The number of carbonyl (C=O) groups excluding carboxylic acids is 1. The number of aryl methyl sites for hydroxylation is 1. The molecule has 11 heteroatoms. The molecule has 3 rings (SSSR count). The van der Waals surface area contributed by atoms with Gasteiger partial charge in [0.15, 0.2) is 0 Å². The monoisotopic (exact) mass is 483 g/mol. The number of ether oxygens (including phenoxy) is 2. The highest BCUT2D eigenvalue weighted by atomic mass is 35.5. The van der Waals surface area contributed by atoms with Crippen molar-refractivity contribution < 1.29 is 22.7 Å². The van der Waals surface area contributed by atoms with E-state index in [9.17, 15) is 13.2 Å². The van der Waals surface area contributed by atoms with E-state index in [1.54, 1.807) is 37.3 Å². The maximum absolute atomic E-state index is 12.5. The first-order valence-corrected chi connectivity index (χ1v) is 11.4. The molecule has 1 heterocycles. The summed E-state index contributed by atoms with van der Waals surface area (Å²) in [6.07, 6.45) is 0. The molecule has 1 aliphatic rings. The summed E-state index contributed by atoms with van der Waals surface area (Å²) in [5.74, 6) is -0.652. The van der Waals surface area contributed by atoms with Crippen molar-refractivity contribution in [2.75, 3.05) is 18.5 Å². The van der Waals surface area contributed by atoms with Gasteiger partial charge in [0.1, 0.15) is 17.9 Å². The van der Waals surface area contributed by atoms with E-state index in [1.807, 2.05) is 6.92 Å². The van der Waals surface area contributed by atoms with Crippen LogP contribution in [0.2, 0.25) is 10.0 Å². The molecule has 2 aromatic carbocycles. The molecule has 0 unspecified atom stereocenters. The van der Waals surface area contributed by atoms with Crippen LogP contribution in [0.15, 0.2) is 63.9 Å². The molecular formula is C20H19Cl2N3O5S. The van der Waals surface area contributed by atoms with Crippen LogP contribution in [0.3, 0.4) is 0 Å². The normalized spacial score (nSPS) is 15.0. The molecule has 0 spiro atoms. The Bertz CT molecular complexity index is 1160. The Morgan fingerprint density at radius 1 is 1.16 bits per heavy atom. The van der Waals surface area contributed by atoms with E-state index in [1.165, 1.54) is 12.1 Å². The standard InChI is InChI=1S/C20H19Cl2N3O5S/c1-3-29-20(26)18-17(24-25-31(27,28)14-7-4-12(2)5-8-14)11-30-19(18)23-13-6-9-15(21)16(22)10-13/h4-10,23,25H,3,11H2,1-2H3/b24-17-. The number of hydrogen-bond acceptors (Lipinski definition) is 7. The van der Waals surface area contributed by atoms with Crippen molar-refractivity contribution in [3.63, 3.8) is 0 Å². The van der Waals surface area contributed by atoms with Crippen LogP contribution in [0.4, 0.5) is 5.69 Å². The van der Waals surface area contributed by atoms with Gasteiger partial charge >= 0.3 is 5.97 Å². The predicted molar refractivity (Wildman–Crippen MR) is 119 cm³/mol. The SMILES string of the molecule is CCOC(=O)C1=C(Nc2ccc(Cl)c(Cl)c2)OC/C1=N/NS(=O)(=O)c1ccc(C)cc1. The largest absolute Gasteiger partial charge is 0.472 e. The Kier molecular flexibility index (Phi) is 7.09. The average molecular weight is 484 g/mol. The van der Waals surface area contributed by atoms with Gasteiger partial charge in [-0.2, -0.15) is 18.4 Å². The molecule has 2 N–H and O–H groups in total. The number of esters is 1. The molecular weight excluding hydrogens is 465 g/mol. The molecule has 0 fully saturated rings. The van der Waals surface area contributed by atoms with Crippen molar-refractivity contribution in [3.8, 4) is 0 Å². The van der Waals surface area contributed by atoms with Crippen LogP contribution in [0.25, 0.3) is 0 Å². The zero-order chi connectivity index (χ0) is 22.6. The van der Waals surface area contributed by atoms with E-state index >= 15 is 0 Å². The highest BCUT2D eigenvalue weighted by Gasteiger charge is 2.31. The number of rotatable bonds is 7. The van der Waals surface area contributed by atoms with E-state index in [4.69, 9.17) is 32.7 Å². The Balaban J connectivity index is 1.90. The van der Waals surface area contributed by atoms with Gasteiger partial charge in [0.05, 0.1) is 21.5 Å². The van der Waals surface area contributed by atoms with Gasteiger partial charge in [0.25, 0.3) is 10.0 Å². The van der Waals surface area contributed by atoms with Crippen molar-refractivity contribution >= 4 is 50.6 Å². The maximum Gasteiger partial charge on any atom is 0.345 e. The number of nitrogens with zero attached hydrogens (tertiary/aromatic N) is 1. The third kappa shape index (κ3) is 5.49. The minimum atomic E-state index is -3.93. The molecule has 0 atom stereocenters. The molecule has 0 saturated carbocycles. The zero-order valence-corrected chi connectivity index (χ0v) is 18.9. The molecule has 0 aliphatic carbocycles. The van der Waals surface area contributed by atoms with Gasteiger partial charge in [0.2, 0.25) is 5.88 Å². The molecule has 0 bridgehead atoms. The first-order valence-electron chi connectivity index (χ1n) is 9.13. The lowest BCUT2D eigenvalue weighted by Crippen LogP contribution is -2.23. The van der Waals surface area contributed by atoms with Crippen molar-refractivity contribution in [2.45, 2.75) is 18.7 Å². The van der Waals surface area contributed by atoms with Crippen molar-refractivity contribution in [1.29, 1.82) is 0 Å². The lowest BCUT2D eigenvalue weighted by molar-refractivity contribution is -0.137. The molecule has 0 radical (unpaired) electrons. The highest BCUT2D eigenvalue weighted by Crippen LogP contribution is 2.28. The lowest BCUT2D eigenvalue weighted by Gasteiger charge is -2.10. The summed E-state index contributed by atoms with van der Waals surface area (Å²) in [6, 6.07) is 11.0. The van der Waals surface area contributed by atoms with E-state index in [0.29, 0.717) is 15.7 Å². The number of hydrogen-bond donors (Lipinski definition) is 2. The molecule has 2 aromatic rings. The van der Waals surface area contributed by atoms with Gasteiger partial charge in [-0.3, -0.25) is 0 Å². The van der Waals surface area contributed by atoms with Gasteiger partial charge in [0, 0.05) is 5.69 Å². The minimum absolute atomic E-state index is 0.0282. The number of halogens is 2. The first kappa shape index (κ1) is 22.9. The van der Waals surface area contributed by atoms with E-state index in [-0.39, 0.29) is 35.3 Å². The molecule has 31 heavy (non-hydrogen) atoms. The maximum atomic E-state index is 12.5. The molecule has 8 nitrogen and oxygen atoms in total. The van der Waals surface area contributed by atoms with Crippen LogP contribution < -0.4 is 10.1 Å². The number of benzene rings is 2. The second-order valence-electron chi connectivity index (χ2n) is 6.43. The van der Waals surface area contributed by atoms with Gasteiger partial charge in [-0.25, -0.2) is 4.79 Å². The molecule has 164 valence electrons. The third-order valence-electron chi connectivity index (χ3n) is 4.16. The zero-order valence-electron chi connectivity index (χ0n) is 16.6. The molecule has 0 aromatic heterocycles. The number of nitrogens with one attached hydrogen (secondary N) is 2. The Morgan fingerprint density at radius 2 is 1.87 bits per heavy atom. The van der Waals surface area contributed by atoms with Crippen LogP contribution in [-0.2, 0) is 24.3 Å². The fraction of sp³-hybridized carbons (Fsp3) is 0.200. The average Bonchev–Trinajstić information content (AvgIpc) is 3.12. The van der Waals surface area contributed by atoms with Gasteiger partial charge < -0.3 is 14.8 Å². The summed E-state index contributed by atoms with van der Waals surface area (Å²) in [5.41, 5.74) is 1.46. The summed E-state index contributed by atoms with van der Waals surface area (Å²) < 4.78 is 35.6. The number of sulfonamides is 1. The molecule has 0 amide bonds. The Morgan fingerprint density at radius 3 is 2.52 bits per heavy atom. The third-order valence-corrected chi connectivity index (χ3v) is 6.12.